The van der Waals surface area contributed by atoms with Gasteiger partial charge in [-0.2, -0.15) is 0 Å². The lowest BCUT2D eigenvalue weighted by molar-refractivity contribution is -0.117. The van der Waals surface area contributed by atoms with Gasteiger partial charge in [0, 0.05) is 18.2 Å². The Balaban J connectivity index is 1.26. The number of rotatable bonds is 5. The number of carbonyl (C=O) groups excluding carboxylic acids is 2. The van der Waals surface area contributed by atoms with Crippen LogP contribution in [0.2, 0.25) is 0 Å². The molecule has 5 rings (SSSR count). The fraction of sp³-hybridized carbons (Fsp3) is 0.391. The molecule has 2 fully saturated rings. The molecule has 6 nitrogen and oxygen atoms in total. The summed E-state index contributed by atoms with van der Waals surface area (Å²) in [5.41, 5.74) is 1.59. The van der Waals surface area contributed by atoms with Gasteiger partial charge in [0.2, 0.25) is 12.7 Å². The van der Waals surface area contributed by atoms with Gasteiger partial charge in [0.05, 0.1) is 11.3 Å². The maximum Gasteiger partial charge on any atom is 0.257 e. The van der Waals surface area contributed by atoms with Gasteiger partial charge in [0.1, 0.15) is 0 Å². The topological polar surface area (TPSA) is 76.7 Å². The van der Waals surface area contributed by atoms with Crippen molar-refractivity contribution < 1.29 is 19.1 Å². The van der Waals surface area contributed by atoms with Gasteiger partial charge < -0.3 is 20.1 Å². The Bertz CT molecular complexity index is 958. The lowest BCUT2D eigenvalue weighted by Crippen LogP contribution is -2.22. The third-order valence-electron chi connectivity index (χ3n) is 6.41. The van der Waals surface area contributed by atoms with E-state index in [2.05, 4.69) is 10.6 Å². The predicted molar refractivity (Wildman–Crippen MR) is 109 cm³/mol. The number of amides is 2. The van der Waals surface area contributed by atoms with Crippen molar-refractivity contribution in [3.8, 4) is 11.5 Å². The molecule has 1 heterocycles. The van der Waals surface area contributed by atoms with Crippen LogP contribution in [0.1, 0.15) is 42.5 Å². The Morgan fingerprint density at radius 3 is 2.66 bits per heavy atom. The number of fused-ring (bicyclic) bond motifs is 3. The molecule has 0 spiro atoms. The van der Waals surface area contributed by atoms with E-state index in [1.807, 2.05) is 6.07 Å². The standard InChI is InChI=1S/C23H24N2O4/c26-22(11-16-10-14-5-6-15(16)9-14)25-19-4-2-1-3-18(19)23(27)24-17-7-8-20-21(12-17)29-13-28-20/h1-4,7-8,12,14-16H,5-6,9-11,13H2,(H,24,27)(H,25,26)/t14-,15+,16+/m1/s1. The minimum absolute atomic E-state index is 0.00844. The maximum atomic E-state index is 12.8. The molecule has 2 aliphatic carbocycles. The van der Waals surface area contributed by atoms with Crippen LogP contribution in [0.5, 0.6) is 11.5 Å². The molecule has 0 saturated heterocycles. The Morgan fingerprint density at radius 2 is 1.83 bits per heavy atom. The molecule has 6 heteroatoms. The van der Waals surface area contributed by atoms with Crippen LogP contribution in [-0.4, -0.2) is 18.6 Å². The fourth-order valence-electron chi connectivity index (χ4n) is 5.03. The van der Waals surface area contributed by atoms with Crippen molar-refractivity contribution >= 4 is 23.2 Å². The van der Waals surface area contributed by atoms with Crippen molar-refractivity contribution in [3.63, 3.8) is 0 Å². The molecule has 29 heavy (non-hydrogen) atoms. The Morgan fingerprint density at radius 1 is 0.966 bits per heavy atom. The number of nitrogens with one attached hydrogen (secondary N) is 2. The van der Waals surface area contributed by atoms with Gasteiger partial charge in [-0.05, 0) is 61.3 Å². The van der Waals surface area contributed by atoms with Crippen molar-refractivity contribution in [3.05, 3.63) is 48.0 Å². The molecular formula is C23H24N2O4. The SMILES string of the molecule is O=C(C[C@@H]1C[C@@H]2CC[C@H]1C2)Nc1ccccc1C(=O)Nc1ccc2c(c1)OCO2. The summed E-state index contributed by atoms with van der Waals surface area (Å²) >= 11 is 0. The number of hydrogen-bond acceptors (Lipinski definition) is 4. The molecule has 2 aromatic rings. The number of ether oxygens (including phenoxy) is 2. The third-order valence-corrected chi connectivity index (χ3v) is 6.41. The van der Waals surface area contributed by atoms with Crippen LogP contribution in [0.25, 0.3) is 0 Å². The largest absolute Gasteiger partial charge is 0.454 e. The number of carbonyl (C=O) groups is 2. The molecular weight excluding hydrogens is 368 g/mol. The van der Waals surface area contributed by atoms with Crippen molar-refractivity contribution in [1.29, 1.82) is 0 Å². The molecule has 2 aromatic carbocycles. The second kappa shape index (κ2) is 7.43. The average Bonchev–Trinajstić information content (AvgIpc) is 3.44. The first-order valence-corrected chi connectivity index (χ1v) is 10.3. The number of benzene rings is 2. The van der Waals surface area contributed by atoms with E-state index >= 15 is 0 Å². The van der Waals surface area contributed by atoms with Crippen molar-refractivity contribution in [2.75, 3.05) is 17.4 Å². The van der Waals surface area contributed by atoms with Gasteiger partial charge in [0.25, 0.3) is 5.91 Å². The first kappa shape index (κ1) is 18.0. The lowest BCUT2D eigenvalue weighted by Gasteiger charge is -2.21. The maximum absolute atomic E-state index is 12.8. The molecule has 3 aliphatic rings. The summed E-state index contributed by atoms with van der Waals surface area (Å²) in [6, 6.07) is 12.4. The minimum atomic E-state index is -0.278. The van der Waals surface area contributed by atoms with E-state index in [-0.39, 0.29) is 18.6 Å². The molecule has 150 valence electrons. The number of hydrogen-bond donors (Lipinski definition) is 2. The molecule has 2 saturated carbocycles. The summed E-state index contributed by atoms with van der Waals surface area (Å²) in [5, 5.41) is 5.83. The van der Waals surface area contributed by atoms with Gasteiger partial charge in [-0.25, -0.2) is 0 Å². The third kappa shape index (κ3) is 3.67. The van der Waals surface area contributed by atoms with Crippen LogP contribution in [0, 0.1) is 17.8 Å². The van der Waals surface area contributed by atoms with Gasteiger partial charge >= 0.3 is 0 Å². The smallest absolute Gasteiger partial charge is 0.257 e. The van der Waals surface area contributed by atoms with Crippen LogP contribution in [0.3, 0.4) is 0 Å². The van der Waals surface area contributed by atoms with Crippen molar-refractivity contribution in [2.45, 2.75) is 32.1 Å². The van der Waals surface area contributed by atoms with E-state index in [1.54, 1.807) is 36.4 Å². The Labute approximate surface area is 169 Å². The zero-order chi connectivity index (χ0) is 19.8. The van der Waals surface area contributed by atoms with E-state index in [1.165, 1.54) is 25.7 Å². The summed E-state index contributed by atoms with van der Waals surface area (Å²) in [6.07, 6.45) is 5.58. The van der Waals surface area contributed by atoms with Gasteiger partial charge in [0.15, 0.2) is 11.5 Å². The van der Waals surface area contributed by atoms with Gasteiger partial charge in [-0.15, -0.1) is 0 Å². The Hall–Kier alpha value is -3.02. The monoisotopic (exact) mass is 392 g/mol. The molecule has 3 atom stereocenters. The van der Waals surface area contributed by atoms with Crippen molar-refractivity contribution in [1.82, 2.24) is 0 Å². The van der Waals surface area contributed by atoms with Gasteiger partial charge in [-0.1, -0.05) is 18.6 Å². The minimum Gasteiger partial charge on any atom is -0.454 e. The summed E-state index contributed by atoms with van der Waals surface area (Å²) in [7, 11) is 0. The summed E-state index contributed by atoms with van der Waals surface area (Å²) in [4.78, 5) is 25.5. The first-order valence-electron chi connectivity index (χ1n) is 10.3. The van der Waals surface area contributed by atoms with Crippen molar-refractivity contribution in [2.24, 2.45) is 17.8 Å². The quantitative estimate of drug-likeness (QED) is 0.789. The zero-order valence-electron chi connectivity index (χ0n) is 16.1. The molecule has 0 aromatic heterocycles. The highest BCUT2D eigenvalue weighted by molar-refractivity contribution is 6.10. The highest BCUT2D eigenvalue weighted by Gasteiger charge is 2.40. The summed E-state index contributed by atoms with van der Waals surface area (Å²) in [6.45, 7) is 0.185. The van der Waals surface area contributed by atoms with Crippen LogP contribution in [0.4, 0.5) is 11.4 Å². The summed E-state index contributed by atoms with van der Waals surface area (Å²) < 4.78 is 10.7. The number of para-hydroxylation sites is 1. The highest BCUT2D eigenvalue weighted by atomic mass is 16.7. The second-order valence-electron chi connectivity index (χ2n) is 8.25. The van der Waals surface area contributed by atoms with E-state index in [0.29, 0.717) is 46.7 Å². The molecule has 0 radical (unpaired) electrons. The normalized spacial score (nSPS) is 23.8. The zero-order valence-corrected chi connectivity index (χ0v) is 16.1. The average molecular weight is 392 g/mol. The molecule has 2 amide bonds. The van der Waals surface area contributed by atoms with Crippen LogP contribution < -0.4 is 20.1 Å². The fourth-order valence-corrected chi connectivity index (χ4v) is 5.03. The van der Waals surface area contributed by atoms with Crippen LogP contribution >= 0.6 is 0 Å². The number of anilines is 2. The van der Waals surface area contributed by atoms with E-state index in [9.17, 15) is 9.59 Å². The van der Waals surface area contributed by atoms with E-state index < -0.39 is 0 Å². The summed E-state index contributed by atoms with van der Waals surface area (Å²) in [5.74, 6) is 2.99. The van der Waals surface area contributed by atoms with Crippen LogP contribution in [-0.2, 0) is 4.79 Å². The first-order chi connectivity index (χ1) is 14.2. The van der Waals surface area contributed by atoms with E-state index in [0.717, 1.165) is 5.92 Å². The molecule has 1 aliphatic heterocycles. The molecule has 2 N–H and O–H groups in total. The molecule has 2 bridgehead atoms. The highest BCUT2D eigenvalue weighted by Crippen LogP contribution is 2.49. The predicted octanol–water partition coefficient (Wildman–Crippen LogP) is 4.43. The second-order valence-corrected chi connectivity index (χ2v) is 8.25. The lowest BCUT2D eigenvalue weighted by atomic mass is 9.86. The van der Waals surface area contributed by atoms with Crippen LogP contribution in [0.15, 0.2) is 42.5 Å². The Kier molecular flexibility index (Phi) is 4.62. The van der Waals surface area contributed by atoms with Gasteiger partial charge in [-0.3, -0.25) is 9.59 Å². The van der Waals surface area contributed by atoms with E-state index in [4.69, 9.17) is 9.47 Å². The molecule has 0 unspecified atom stereocenters.